The number of hydrogen-bond acceptors (Lipinski definition) is 3. The zero-order valence-corrected chi connectivity index (χ0v) is 11.6. The van der Waals surface area contributed by atoms with E-state index in [0.29, 0.717) is 6.54 Å². The van der Waals surface area contributed by atoms with Crippen molar-refractivity contribution in [1.82, 2.24) is 0 Å². The average molecular weight is 253 g/mol. The first kappa shape index (κ1) is 14.6. The second-order valence-electron chi connectivity index (χ2n) is 4.77. The van der Waals surface area contributed by atoms with Crippen LogP contribution in [0.1, 0.15) is 31.7 Å². The van der Waals surface area contributed by atoms with Crippen molar-refractivity contribution in [3.63, 3.8) is 0 Å². The van der Waals surface area contributed by atoms with Crippen LogP contribution in [0, 0.1) is 6.92 Å². The predicted molar refractivity (Wildman–Crippen MR) is 75.4 cm³/mol. The van der Waals surface area contributed by atoms with Crippen LogP contribution >= 0.6 is 11.8 Å². The van der Waals surface area contributed by atoms with E-state index >= 15 is 0 Å². The third kappa shape index (κ3) is 5.57. The first-order valence-electron chi connectivity index (χ1n) is 6.16. The molecule has 96 valence electrons. The molecule has 2 nitrogen and oxygen atoms in total. The molecule has 1 aromatic rings. The molecule has 0 aliphatic rings. The van der Waals surface area contributed by atoms with E-state index in [9.17, 15) is 5.11 Å². The first-order valence-corrected chi connectivity index (χ1v) is 7.14. The normalized spacial score (nSPS) is 14.6. The van der Waals surface area contributed by atoms with Gasteiger partial charge < -0.3 is 10.8 Å². The quantitative estimate of drug-likeness (QED) is 0.580. The summed E-state index contributed by atoms with van der Waals surface area (Å²) in [7, 11) is 0. The molecule has 0 amide bonds. The molecule has 0 saturated carbocycles. The minimum absolute atomic E-state index is 0.345. The summed E-state index contributed by atoms with van der Waals surface area (Å²) < 4.78 is 0. The second kappa shape index (κ2) is 7.04. The van der Waals surface area contributed by atoms with Crippen LogP contribution in [-0.2, 0) is 0 Å². The van der Waals surface area contributed by atoms with Crippen molar-refractivity contribution in [2.45, 2.75) is 43.6 Å². The minimum Gasteiger partial charge on any atom is -0.389 e. The minimum atomic E-state index is -0.687. The maximum atomic E-state index is 9.75. The van der Waals surface area contributed by atoms with Crippen LogP contribution in [0.3, 0.4) is 0 Å². The molecular weight excluding hydrogens is 230 g/mol. The Morgan fingerprint density at radius 2 is 2.00 bits per heavy atom. The Balaban J connectivity index is 2.19. The van der Waals surface area contributed by atoms with E-state index < -0.39 is 5.60 Å². The number of hydrogen-bond donors (Lipinski definition) is 2. The SMILES string of the molecule is Cc1ccccc1SCCCCC(C)(O)CN. The molecular formula is C14H23NOS. The van der Waals surface area contributed by atoms with E-state index in [0.717, 1.165) is 25.0 Å². The number of benzene rings is 1. The summed E-state index contributed by atoms with van der Waals surface area (Å²) in [6, 6.07) is 8.45. The van der Waals surface area contributed by atoms with Crippen molar-refractivity contribution in [2.75, 3.05) is 12.3 Å². The van der Waals surface area contributed by atoms with Crippen LogP contribution in [0.15, 0.2) is 29.2 Å². The van der Waals surface area contributed by atoms with Gasteiger partial charge in [0.15, 0.2) is 0 Å². The Labute approximate surface area is 109 Å². The highest BCUT2D eigenvalue weighted by atomic mass is 32.2. The standard InChI is InChI=1S/C14H23NOS/c1-12-7-3-4-8-13(12)17-10-6-5-9-14(2,16)11-15/h3-4,7-8,16H,5-6,9-11,15H2,1-2H3. The molecule has 0 aliphatic heterocycles. The Morgan fingerprint density at radius 1 is 1.29 bits per heavy atom. The largest absolute Gasteiger partial charge is 0.389 e. The maximum Gasteiger partial charge on any atom is 0.0741 e. The van der Waals surface area contributed by atoms with Gasteiger partial charge >= 0.3 is 0 Å². The summed E-state index contributed by atoms with van der Waals surface area (Å²) in [4.78, 5) is 1.36. The predicted octanol–water partition coefficient (Wildman–Crippen LogP) is 2.97. The smallest absolute Gasteiger partial charge is 0.0741 e. The highest BCUT2D eigenvalue weighted by molar-refractivity contribution is 7.99. The maximum absolute atomic E-state index is 9.75. The van der Waals surface area contributed by atoms with Gasteiger partial charge in [0.1, 0.15) is 0 Å². The highest BCUT2D eigenvalue weighted by Gasteiger charge is 2.16. The molecule has 0 radical (unpaired) electrons. The number of aryl methyl sites for hydroxylation is 1. The van der Waals surface area contributed by atoms with Crippen molar-refractivity contribution in [3.05, 3.63) is 29.8 Å². The topological polar surface area (TPSA) is 46.2 Å². The van der Waals surface area contributed by atoms with Crippen LogP contribution in [0.25, 0.3) is 0 Å². The van der Waals surface area contributed by atoms with Crippen LogP contribution in [-0.4, -0.2) is 23.0 Å². The third-order valence-corrected chi connectivity index (χ3v) is 4.16. The molecule has 0 heterocycles. The van der Waals surface area contributed by atoms with E-state index in [1.807, 2.05) is 18.7 Å². The zero-order valence-electron chi connectivity index (χ0n) is 10.8. The lowest BCUT2D eigenvalue weighted by Gasteiger charge is -2.20. The van der Waals surface area contributed by atoms with E-state index in [4.69, 9.17) is 5.73 Å². The van der Waals surface area contributed by atoms with E-state index in [1.54, 1.807) is 0 Å². The summed E-state index contributed by atoms with van der Waals surface area (Å²) in [5.74, 6) is 1.10. The van der Waals surface area contributed by atoms with Gasteiger partial charge in [-0.3, -0.25) is 0 Å². The lowest BCUT2D eigenvalue weighted by molar-refractivity contribution is 0.0577. The van der Waals surface area contributed by atoms with Gasteiger partial charge in [-0.1, -0.05) is 18.2 Å². The molecule has 17 heavy (non-hydrogen) atoms. The highest BCUT2D eigenvalue weighted by Crippen LogP contribution is 2.23. The summed E-state index contributed by atoms with van der Waals surface area (Å²) >= 11 is 1.89. The summed E-state index contributed by atoms with van der Waals surface area (Å²) in [5, 5.41) is 9.75. The molecule has 0 saturated heterocycles. The van der Waals surface area contributed by atoms with Gasteiger partial charge in [0.25, 0.3) is 0 Å². The van der Waals surface area contributed by atoms with Gasteiger partial charge in [0.2, 0.25) is 0 Å². The van der Waals surface area contributed by atoms with E-state index in [1.165, 1.54) is 10.5 Å². The van der Waals surface area contributed by atoms with Gasteiger partial charge in [0.05, 0.1) is 5.60 Å². The van der Waals surface area contributed by atoms with Crippen molar-refractivity contribution in [2.24, 2.45) is 5.73 Å². The first-order chi connectivity index (χ1) is 8.05. The van der Waals surface area contributed by atoms with Crippen molar-refractivity contribution < 1.29 is 5.11 Å². The van der Waals surface area contributed by atoms with Gasteiger partial charge in [-0.15, -0.1) is 11.8 Å². The molecule has 1 rings (SSSR count). The molecule has 3 heteroatoms. The monoisotopic (exact) mass is 253 g/mol. The summed E-state index contributed by atoms with van der Waals surface area (Å²) in [6.45, 7) is 4.29. The van der Waals surface area contributed by atoms with E-state index in [-0.39, 0.29) is 0 Å². The molecule has 1 atom stereocenters. The number of nitrogens with two attached hydrogens (primary N) is 1. The molecule has 0 aromatic heterocycles. The second-order valence-corrected chi connectivity index (χ2v) is 5.91. The average Bonchev–Trinajstić information content (AvgIpc) is 2.31. The lowest BCUT2D eigenvalue weighted by Crippen LogP contribution is -2.33. The van der Waals surface area contributed by atoms with Crippen molar-refractivity contribution >= 4 is 11.8 Å². The molecule has 0 spiro atoms. The molecule has 1 aromatic carbocycles. The Morgan fingerprint density at radius 3 is 2.65 bits per heavy atom. The van der Waals surface area contributed by atoms with Gasteiger partial charge in [-0.2, -0.15) is 0 Å². The fourth-order valence-electron chi connectivity index (χ4n) is 1.61. The summed E-state index contributed by atoms with van der Waals surface area (Å²) in [5.41, 5.74) is 6.13. The number of thioether (sulfide) groups is 1. The lowest BCUT2D eigenvalue weighted by atomic mass is 10.00. The molecule has 0 fully saturated rings. The molecule has 3 N–H and O–H groups in total. The van der Waals surface area contributed by atoms with Crippen molar-refractivity contribution in [3.8, 4) is 0 Å². The molecule has 0 bridgehead atoms. The Kier molecular flexibility index (Phi) is 6.03. The van der Waals surface area contributed by atoms with Crippen LogP contribution in [0.4, 0.5) is 0 Å². The van der Waals surface area contributed by atoms with Gasteiger partial charge in [-0.25, -0.2) is 0 Å². The van der Waals surface area contributed by atoms with Crippen molar-refractivity contribution in [1.29, 1.82) is 0 Å². The van der Waals surface area contributed by atoms with Gasteiger partial charge in [0, 0.05) is 11.4 Å². The Hall–Kier alpha value is -0.510. The zero-order chi connectivity index (χ0) is 12.7. The number of rotatable bonds is 7. The van der Waals surface area contributed by atoms with E-state index in [2.05, 4.69) is 31.2 Å². The fourth-order valence-corrected chi connectivity index (χ4v) is 2.65. The Bertz CT molecular complexity index is 339. The third-order valence-electron chi connectivity index (χ3n) is 2.90. The fraction of sp³-hybridized carbons (Fsp3) is 0.571. The van der Waals surface area contributed by atoms with Crippen LogP contribution in [0.2, 0.25) is 0 Å². The van der Waals surface area contributed by atoms with Gasteiger partial charge in [-0.05, 0) is 50.5 Å². The molecule has 1 unspecified atom stereocenters. The van der Waals surface area contributed by atoms with Crippen LogP contribution < -0.4 is 5.73 Å². The summed E-state index contributed by atoms with van der Waals surface area (Å²) in [6.07, 6.45) is 2.94. The van der Waals surface area contributed by atoms with Crippen LogP contribution in [0.5, 0.6) is 0 Å². The number of aliphatic hydroxyl groups is 1. The number of unbranched alkanes of at least 4 members (excludes halogenated alkanes) is 1. The molecule has 0 aliphatic carbocycles.